The zero-order chi connectivity index (χ0) is 8.32. The molecule has 11 heavy (non-hydrogen) atoms. The predicted molar refractivity (Wildman–Crippen MR) is 43.9 cm³/mol. The molecule has 0 bridgehead atoms. The Bertz CT molecular complexity index is 230. The summed E-state index contributed by atoms with van der Waals surface area (Å²) in [5.41, 5.74) is 0. The van der Waals surface area contributed by atoms with E-state index in [9.17, 15) is 13.2 Å². The summed E-state index contributed by atoms with van der Waals surface area (Å²) in [7, 11) is -3.27. The van der Waals surface area contributed by atoms with Gasteiger partial charge in [0.25, 0.3) is 0 Å². The minimum Gasteiger partial charge on any atom is -0.302 e. The van der Waals surface area contributed by atoms with Crippen molar-refractivity contribution in [3.8, 4) is 0 Å². The molecule has 0 radical (unpaired) electrons. The van der Waals surface area contributed by atoms with E-state index in [1.54, 1.807) is 11.8 Å². The molecule has 0 unspecified atom stereocenters. The summed E-state index contributed by atoms with van der Waals surface area (Å²) < 4.78 is 23.6. The molecule has 0 saturated carbocycles. The first-order valence-electron chi connectivity index (χ1n) is 3.16. The van der Waals surface area contributed by atoms with E-state index in [1.807, 2.05) is 0 Å². The Morgan fingerprint density at radius 1 is 1.55 bits per heavy atom. The lowest BCUT2D eigenvalue weighted by Crippen LogP contribution is -2.30. The molecule has 1 fully saturated rings. The number of hydrogen-bond acceptors (Lipinski definition) is 4. The van der Waals surface area contributed by atoms with Crippen LogP contribution in [0.2, 0.25) is 0 Å². The number of hydrogen-bond donors (Lipinski definition) is 0. The highest BCUT2D eigenvalue weighted by molar-refractivity contribution is 8.00. The van der Waals surface area contributed by atoms with Crippen LogP contribution in [0.25, 0.3) is 0 Å². The molecule has 0 spiro atoms. The van der Waals surface area contributed by atoms with Gasteiger partial charge in [0, 0.05) is 12.3 Å². The maximum atomic E-state index is 11.1. The number of carbonyl (C=O) groups is 1. The van der Waals surface area contributed by atoms with Crippen molar-refractivity contribution in [1.29, 1.82) is 0 Å². The summed E-state index contributed by atoms with van der Waals surface area (Å²) in [4.78, 5) is 9.96. The standard InChI is InChI=1S/C5H9NO3S2/c7-2-4-11(8,9)6-1-3-10-5-6/h2H,1,3-5H2. The van der Waals surface area contributed by atoms with E-state index in [1.165, 1.54) is 4.31 Å². The lowest BCUT2D eigenvalue weighted by molar-refractivity contribution is -0.105. The fourth-order valence-corrected chi connectivity index (χ4v) is 3.35. The Kier molecular flexibility index (Phi) is 2.91. The Morgan fingerprint density at radius 3 is 2.73 bits per heavy atom. The average molecular weight is 195 g/mol. The first-order valence-corrected chi connectivity index (χ1v) is 5.92. The molecule has 1 heterocycles. The number of thioether (sulfide) groups is 1. The van der Waals surface area contributed by atoms with Gasteiger partial charge in [-0.15, -0.1) is 11.8 Å². The fourth-order valence-electron chi connectivity index (χ4n) is 0.808. The van der Waals surface area contributed by atoms with E-state index >= 15 is 0 Å². The van der Waals surface area contributed by atoms with Crippen LogP contribution in [0.1, 0.15) is 0 Å². The maximum Gasteiger partial charge on any atom is 0.221 e. The van der Waals surface area contributed by atoms with Crippen molar-refractivity contribution in [2.75, 3.05) is 23.9 Å². The van der Waals surface area contributed by atoms with Crippen LogP contribution in [0.15, 0.2) is 0 Å². The summed E-state index contributed by atoms with van der Waals surface area (Å²) in [6.07, 6.45) is 0.429. The molecule has 0 aromatic carbocycles. The first-order chi connectivity index (χ1) is 5.17. The molecule has 0 aliphatic carbocycles. The van der Waals surface area contributed by atoms with Crippen LogP contribution in [-0.4, -0.2) is 42.9 Å². The lowest BCUT2D eigenvalue weighted by atomic mass is 10.8. The highest BCUT2D eigenvalue weighted by Gasteiger charge is 2.24. The van der Waals surface area contributed by atoms with Gasteiger partial charge in [-0.25, -0.2) is 8.42 Å². The van der Waals surface area contributed by atoms with Crippen molar-refractivity contribution in [1.82, 2.24) is 4.31 Å². The van der Waals surface area contributed by atoms with Crippen molar-refractivity contribution >= 4 is 28.1 Å². The molecule has 0 atom stereocenters. The first kappa shape index (κ1) is 9.02. The van der Waals surface area contributed by atoms with Crippen molar-refractivity contribution in [3.63, 3.8) is 0 Å². The number of rotatable bonds is 3. The molecule has 4 nitrogen and oxygen atoms in total. The molecule has 1 rings (SSSR count). The Labute approximate surface area is 70.0 Å². The normalized spacial score (nSPS) is 20.4. The third-order valence-electron chi connectivity index (χ3n) is 1.39. The molecule has 0 N–H and O–H groups in total. The van der Waals surface area contributed by atoms with Crippen LogP contribution in [0, 0.1) is 0 Å². The van der Waals surface area contributed by atoms with Gasteiger partial charge in [-0.2, -0.15) is 4.31 Å². The van der Waals surface area contributed by atoms with Crippen LogP contribution in [0.5, 0.6) is 0 Å². The number of sulfonamides is 1. The zero-order valence-corrected chi connectivity index (χ0v) is 7.53. The second-order valence-electron chi connectivity index (χ2n) is 2.16. The van der Waals surface area contributed by atoms with Gasteiger partial charge in [0.15, 0.2) is 0 Å². The molecular weight excluding hydrogens is 186 g/mol. The van der Waals surface area contributed by atoms with E-state index in [0.717, 1.165) is 5.75 Å². The Hall–Kier alpha value is -0.0700. The second-order valence-corrected chi connectivity index (χ2v) is 5.25. The summed E-state index contributed by atoms with van der Waals surface area (Å²) in [6, 6.07) is 0. The molecule has 0 aromatic heterocycles. The van der Waals surface area contributed by atoms with Crippen molar-refractivity contribution in [2.24, 2.45) is 0 Å². The van der Waals surface area contributed by atoms with E-state index in [2.05, 4.69) is 0 Å². The summed E-state index contributed by atoms with van der Waals surface area (Å²) in [6.45, 7) is 0.543. The minimum atomic E-state index is -3.27. The Morgan fingerprint density at radius 2 is 2.27 bits per heavy atom. The Balaban J connectivity index is 2.63. The van der Waals surface area contributed by atoms with Gasteiger partial charge in [0.1, 0.15) is 12.0 Å². The maximum absolute atomic E-state index is 11.1. The number of aldehydes is 1. The third kappa shape index (κ3) is 2.18. The van der Waals surface area contributed by atoms with Crippen molar-refractivity contribution < 1.29 is 13.2 Å². The van der Waals surface area contributed by atoms with Crippen molar-refractivity contribution in [2.45, 2.75) is 0 Å². The van der Waals surface area contributed by atoms with Gasteiger partial charge in [0.05, 0.1) is 5.88 Å². The van der Waals surface area contributed by atoms with Gasteiger partial charge in [-0.1, -0.05) is 0 Å². The van der Waals surface area contributed by atoms with E-state index in [-0.39, 0.29) is 5.75 Å². The van der Waals surface area contributed by atoms with Gasteiger partial charge in [-0.05, 0) is 0 Å². The van der Waals surface area contributed by atoms with Gasteiger partial charge >= 0.3 is 0 Å². The third-order valence-corrected chi connectivity index (χ3v) is 4.18. The van der Waals surface area contributed by atoms with Crippen LogP contribution in [0.3, 0.4) is 0 Å². The predicted octanol–water partition coefficient (Wildman–Crippen LogP) is -0.479. The lowest BCUT2D eigenvalue weighted by Gasteiger charge is -2.11. The summed E-state index contributed by atoms with van der Waals surface area (Å²) in [5, 5.41) is 0. The van der Waals surface area contributed by atoms with E-state index in [4.69, 9.17) is 0 Å². The van der Waals surface area contributed by atoms with Gasteiger partial charge in [0.2, 0.25) is 10.0 Å². The number of carbonyl (C=O) groups excluding carboxylic acids is 1. The monoisotopic (exact) mass is 195 g/mol. The smallest absolute Gasteiger partial charge is 0.221 e. The highest BCUT2D eigenvalue weighted by Crippen LogP contribution is 2.16. The van der Waals surface area contributed by atoms with Gasteiger partial charge in [-0.3, -0.25) is 0 Å². The molecular formula is C5H9NO3S2. The topological polar surface area (TPSA) is 54.5 Å². The van der Waals surface area contributed by atoms with Crippen molar-refractivity contribution in [3.05, 3.63) is 0 Å². The van der Waals surface area contributed by atoms with Crippen LogP contribution in [-0.2, 0) is 14.8 Å². The molecule has 0 amide bonds. The van der Waals surface area contributed by atoms with Crippen LogP contribution < -0.4 is 0 Å². The molecule has 1 aliphatic heterocycles. The van der Waals surface area contributed by atoms with Crippen LogP contribution in [0.4, 0.5) is 0 Å². The summed E-state index contributed by atoms with van der Waals surface area (Å²) >= 11 is 1.57. The zero-order valence-electron chi connectivity index (χ0n) is 5.89. The largest absolute Gasteiger partial charge is 0.302 e. The summed E-state index contributed by atoms with van der Waals surface area (Å²) in [5.74, 6) is 0.946. The van der Waals surface area contributed by atoms with E-state index < -0.39 is 10.0 Å². The van der Waals surface area contributed by atoms with Gasteiger partial charge < -0.3 is 4.79 Å². The molecule has 6 heteroatoms. The SMILES string of the molecule is O=CCS(=O)(=O)N1CCSC1. The van der Waals surface area contributed by atoms with E-state index in [0.29, 0.717) is 18.7 Å². The van der Waals surface area contributed by atoms with Crippen LogP contribution >= 0.6 is 11.8 Å². The second kappa shape index (κ2) is 3.55. The number of nitrogens with zero attached hydrogens (tertiary/aromatic N) is 1. The minimum absolute atomic E-state index is 0.381. The molecule has 1 aliphatic rings. The fraction of sp³-hybridized carbons (Fsp3) is 0.800. The quantitative estimate of drug-likeness (QED) is 0.571. The molecule has 1 saturated heterocycles. The average Bonchev–Trinajstić information content (AvgIpc) is 2.37. The highest BCUT2D eigenvalue weighted by atomic mass is 32.2. The molecule has 0 aromatic rings. The molecule has 64 valence electrons.